The second kappa shape index (κ2) is 4.40. The van der Waals surface area contributed by atoms with Gasteiger partial charge in [-0.15, -0.1) is 0 Å². The van der Waals surface area contributed by atoms with Crippen LogP contribution in [0.2, 0.25) is 0 Å². The number of nitrogens with zero attached hydrogens (tertiary/aromatic N) is 3. The van der Waals surface area contributed by atoms with Gasteiger partial charge in [0, 0.05) is 18.3 Å². The van der Waals surface area contributed by atoms with Crippen molar-refractivity contribution in [2.45, 2.75) is 24.9 Å². The van der Waals surface area contributed by atoms with Crippen molar-refractivity contribution < 1.29 is 8.42 Å². The molecule has 19 heavy (non-hydrogen) atoms. The molecule has 0 saturated carbocycles. The van der Waals surface area contributed by atoms with Gasteiger partial charge in [-0.05, 0) is 19.1 Å². The summed E-state index contributed by atoms with van der Waals surface area (Å²) in [6.45, 7) is 2.58. The average molecular weight is 275 g/mol. The molecule has 1 aliphatic heterocycles. The molecule has 0 spiro atoms. The van der Waals surface area contributed by atoms with E-state index in [4.69, 9.17) is 0 Å². The van der Waals surface area contributed by atoms with E-state index < -0.39 is 10.0 Å². The molecular weight excluding hydrogens is 262 g/mol. The largest absolute Gasteiger partial charge is 0.244 e. The molecule has 0 N–H and O–H groups in total. The van der Waals surface area contributed by atoms with Gasteiger partial charge in [0.05, 0.1) is 17.1 Å². The molecular formula is C13H13N3O2S. The Morgan fingerprint density at radius 1 is 1.16 bits per heavy atom. The van der Waals surface area contributed by atoms with Gasteiger partial charge in [0.15, 0.2) is 0 Å². The number of hydrogen-bond donors (Lipinski definition) is 0. The lowest BCUT2D eigenvalue weighted by Crippen LogP contribution is -2.25. The maximum absolute atomic E-state index is 12.5. The van der Waals surface area contributed by atoms with E-state index in [2.05, 4.69) is 9.97 Å². The summed E-state index contributed by atoms with van der Waals surface area (Å²) in [4.78, 5) is 8.36. The Labute approximate surface area is 112 Å². The highest BCUT2D eigenvalue weighted by atomic mass is 32.2. The molecule has 0 amide bonds. The van der Waals surface area contributed by atoms with Gasteiger partial charge in [-0.1, -0.05) is 17.7 Å². The molecule has 2 aromatic rings. The van der Waals surface area contributed by atoms with Crippen molar-refractivity contribution in [3.63, 3.8) is 0 Å². The van der Waals surface area contributed by atoms with Crippen LogP contribution < -0.4 is 0 Å². The molecule has 2 heterocycles. The molecule has 98 valence electrons. The summed E-state index contributed by atoms with van der Waals surface area (Å²) in [5.41, 5.74) is 2.69. The van der Waals surface area contributed by atoms with Crippen LogP contribution in [0.4, 0.5) is 0 Å². The highest BCUT2D eigenvalue weighted by molar-refractivity contribution is 7.89. The van der Waals surface area contributed by atoms with E-state index in [0.717, 1.165) is 16.8 Å². The fraction of sp³-hybridized carbons (Fsp3) is 0.231. The van der Waals surface area contributed by atoms with E-state index in [1.807, 2.05) is 6.92 Å². The molecule has 1 aromatic heterocycles. The van der Waals surface area contributed by atoms with Crippen molar-refractivity contribution in [3.05, 3.63) is 53.6 Å². The number of fused-ring (bicyclic) bond motifs is 1. The molecule has 0 atom stereocenters. The molecule has 0 unspecified atom stereocenters. The molecule has 0 fully saturated rings. The van der Waals surface area contributed by atoms with Crippen LogP contribution in [0.5, 0.6) is 0 Å². The first kappa shape index (κ1) is 12.3. The van der Waals surface area contributed by atoms with E-state index in [9.17, 15) is 8.42 Å². The van der Waals surface area contributed by atoms with Crippen molar-refractivity contribution >= 4 is 10.0 Å². The maximum Gasteiger partial charge on any atom is 0.243 e. The summed E-state index contributed by atoms with van der Waals surface area (Å²) < 4.78 is 26.4. The summed E-state index contributed by atoms with van der Waals surface area (Å²) in [5, 5.41) is 0. The van der Waals surface area contributed by atoms with Crippen molar-refractivity contribution in [3.8, 4) is 0 Å². The molecule has 1 aromatic carbocycles. The van der Waals surface area contributed by atoms with Gasteiger partial charge < -0.3 is 0 Å². The first-order chi connectivity index (χ1) is 9.07. The van der Waals surface area contributed by atoms with E-state index in [0.29, 0.717) is 18.0 Å². The molecule has 1 aliphatic rings. The molecule has 0 radical (unpaired) electrons. The fourth-order valence-corrected chi connectivity index (χ4v) is 3.48. The van der Waals surface area contributed by atoms with E-state index in [1.165, 1.54) is 10.6 Å². The van der Waals surface area contributed by atoms with Crippen LogP contribution in [0.25, 0.3) is 0 Å². The van der Waals surface area contributed by atoms with Crippen molar-refractivity contribution in [1.82, 2.24) is 14.3 Å². The zero-order chi connectivity index (χ0) is 13.5. The van der Waals surface area contributed by atoms with Gasteiger partial charge in [-0.2, -0.15) is 4.31 Å². The van der Waals surface area contributed by atoms with Crippen LogP contribution >= 0.6 is 0 Å². The molecule has 0 saturated heterocycles. The van der Waals surface area contributed by atoms with Gasteiger partial charge in [-0.3, -0.25) is 0 Å². The number of hydrogen-bond acceptors (Lipinski definition) is 4. The van der Waals surface area contributed by atoms with Gasteiger partial charge in [0.1, 0.15) is 6.33 Å². The zero-order valence-electron chi connectivity index (χ0n) is 10.4. The Morgan fingerprint density at radius 2 is 1.89 bits per heavy atom. The van der Waals surface area contributed by atoms with Crippen molar-refractivity contribution in [2.75, 3.05) is 0 Å². The van der Waals surface area contributed by atoms with E-state index in [-0.39, 0.29) is 0 Å². The standard InChI is InChI=1S/C13H13N3O2S/c1-10-2-4-12(5-3-10)19(17,18)16-7-11-6-14-9-15-13(11)8-16/h2-6,9H,7-8H2,1H3. The van der Waals surface area contributed by atoms with Crippen molar-refractivity contribution in [2.24, 2.45) is 0 Å². The number of aromatic nitrogens is 2. The normalized spacial score (nSPS) is 15.4. The Bertz CT molecular complexity index is 686. The number of aryl methyl sites for hydroxylation is 1. The highest BCUT2D eigenvalue weighted by Crippen LogP contribution is 2.26. The van der Waals surface area contributed by atoms with Gasteiger partial charge in [-0.25, -0.2) is 18.4 Å². The summed E-state index contributed by atoms with van der Waals surface area (Å²) in [7, 11) is -3.46. The minimum Gasteiger partial charge on any atom is -0.244 e. The third kappa shape index (κ3) is 2.13. The van der Waals surface area contributed by atoms with Crippen molar-refractivity contribution in [1.29, 1.82) is 0 Å². The minimum atomic E-state index is -3.46. The molecule has 0 bridgehead atoms. The SMILES string of the molecule is Cc1ccc(S(=O)(=O)N2Cc3cncnc3C2)cc1. The monoisotopic (exact) mass is 275 g/mol. The maximum atomic E-state index is 12.5. The van der Waals surface area contributed by atoms with Gasteiger partial charge >= 0.3 is 0 Å². The molecule has 3 rings (SSSR count). The lowest BCUT2D eigenvalue weighted by atomic mass is 10.2. The highest BCUT2D eigenvalue weighted by Gasteiger charge is 2.31. The van der Waals surface area contributed by atoms with Crippen LogP contribution in [-0.2, 0) is 23.1 Å². The van der Waals surface area contributed by atoms with Crippen LogP contribution in [0.15, 0.2) is 41.7 Å². The van der Waals surface area contributed by atoms with Crippen LogP contribution in [0.1, 0.15) is 16.8 Å². The lowest BCUT2D eigenvalue weighted by molar-refractivity contribution is 0.429. The summed E-state index contributed by atoms with van der Waals surface area (Å²) in [5.74, 6) is 0. The molecule has 6 heteroatoms. The quantitative estimate of drug-likeness (QED) is 0.833. The average Bonchev–Trinajstić information content (AvgIpc) is 2.83. The van der Waals surface area contributed by atoms with Gasteiger partial charge in [0.25, 0.3) is 0 Å². The molecule has 5 nitrogen and oxygen atoms in total. The third-order valence-corrected chi connectivity index (χ3v) is 5.02. The number of sulfonamides is 1. The topological polar surface area (TPSA) is 63.2 Å². The van der Waals surface area contributed by atoms with Crippen LogP contribution in [0.3, 0.4) is 0 Å². The smallest absolute Gasteiger partial charge is 0.243 e. The number of benzene rings is 1. The Kier molecular flexibility index (Phi) is 2.83. The van der Waals surface area contributed by atoms with E-state index in [1.54, 1.807) is 30.5 Å². The van der Waals surface area contributed by atoms with Crippen LogP contribution in [0, 0.1) is 6.92 Å². The predicted molar refractivity (Wildman–Crippen MR) is 69.6 cm³/mol. The summed E-state index contributed by atoms with van der Waals surface area (Å²) in [6, 6.07) is 6.88. The Balaban J connectivity index is 1.94. The van der Waals surface area contributed by atoms with E-state index >= 15 is 0 Å². The second-order valence-electron chi connectivity index (χ2n) is 4.58. The Hall–Kier alpha value is -1.79. The first-order valence-electron chi connectivity index (χ1n) is 5.92. The first-order valence-corrected chi connectivity index (χ1v) is 7.36. The summed E-state index contributed by atoms with van der Waals surface area (Å²) in [6.07, 6.45) is 3.12. The fourth-order valence-electron chi connectivity index (χ4n) is 2.10. The second-order valence-corrected chi connectivity index (χ2v) is 6.52. The zero-order valence-corrected chi connectivity index (χ0v) is 11.3. The Morgan fingerprint density at radius 3 is 2.58 bits per heavy atom. The lowest BCUT2D eigenvalue weighted by Gasteiger charge is -2.15. The van der Waals surface area contributed by atoms with Crippen LogP contribution in [-0.4, -0.2) is 22.7 Å². The molecule has 0 aliphatic carbocycles. The summed E-state index contributed by atoms with van der Waals surface area (Å²) >= 11 is 0. The predicted octanol–water partition coefficient (Wildman–Crippen LogP) is 1.49. The minimum absolute atomic E-state index is 0.314. The third-order valence-electron chi connectivity index (χ3n) is 3.21. The number of rotatable bonds is 2. The van der Waals surface area contributed by atoms with Gasteiger partial charge in [0.2, 0.25) is 10.0 Å².